The van der Waals surface area contributed by atoms with Crippen molar-refractivity contribution in [3.63, 3.8) is 0 Å². The van der Waals surface area contributed by atoms with E-state index in [1.807, 2.05) is 36.4 Å². The molecule has 6 rings (SSSR count). The van der Waals surface area contributed by atoms with Crippen molar-refractivity contribution in [3.05, 3.63) is 112 Å². The highest BCUT2D eigenvalue weighted by molar-refractivity contribution is 6.20. The van der Waals surface area contributed by atoms with Gasteiger partial charge in [0.15, 0.2) is 21.7 Å². The molecule has 4 nitrogen and oxygen atoms in total. The summed E-state index contributed by atoms with van der Waals surface area (Å²) in [5.41, 5.74) is 1.49. The maximum atomic E-state index is 13.0. The standard InChI is InChI=1S/C30H20O4/c1-13-15(3)29(33)25-11-21-17(9-23(25)27(13)31)5-7-20-19(21)8-6-18-10-24-26(12-22(18)20)30(34)16(4)14(2)28(24)32/h5-12H,1-4H3. The fraction of sp³-hybridized carbons (Fsp3) is 0.133. The third-order valence-electron chi connectivity index (χ3n) is 7.57. The van der Waals surface area contributed by atoms with E-state index in [0.29, 0.717) is 43.8 Å². The molecule has 4 heteroatoms. The summed E-state index contributed by atoms with van der Waals surface area (Å²) in [5, 5.41) is 7.08. The van der Waals surface area contributed by atoms with Crippen LogP contribution < -0.4 is 21.7 Å². The fourth-order valence-corrected chi connectivity index (χ4v) is 5.21. The van der Waals surface area contributed by atoms with E-state index in [2.05, 4.69) is 0 Å². The fourth-order valence-electron chi connectivity index (χ4n) is 5.21. The van der Waals surface area contributed by atoms with Gasteiger partial charge < -0.3 is 0 Å². The predicted molar refractivity (Wildman–Crippen MR) is 140 cm³/mol. The van der Waals surface area contributed by atoms with Crippen molar-refractivity contribution in [2.75, 3.05) is 0 Å². The van der Waals surface area contributed by atoms with E-state index in [9.17, 15) is 19.2 Å². The quantitative estimate of drug-likeness (QED) is 0.244. The summed E-state index contributed by atoms with van der Waals surface area (Å²) < 4.78 is 0. The van der Waals surface area contributed by atoms with Crippen molar-refractivity contribution >= 4 is 53.9 Å². The van der Waals surface area contributed by atoms with Crippen LogP contribution in [0.25, 0.3) is 53.9 Å². The Balaban J connectivity index is 1.81. The molecular formula is C30H20O4. The molecule has 0 bridgehead atoms. The lowest BCUT2D eigenvalue weighted by molar-refractivity contribution is 1.29. The summed E-state index contributed by atoms with van der Waals surface area (Å²) in [5.74, 6) is 0. The van der Waals surface area contributed by atoms with E-state index in [-0.39, 0.29) is 21.7 Å². The summed E-state index contributed by atoms with van der Waals surface area (Å²) >= 11 is 0. The van der Waals surface area contributed by atoms with Crippen LogP contribution in [0, 0.1) is 27.7 Å². The molecule has 0 aliphatic rings. The molecule has 0 saturated heterocycles. The lowest BCUT2D eigenvalue weighted by Crippen LogP contribution is -2.18. The van der Waals surface area contributed by atoms with Crippen LogP contribution in [0.15, 0.2) is 67.7 Å². The van der Waals surface area contributed by atoms with Gasteiger partial charge in [0, 0.05) is 43.8 Å². The normalized spacial score (nSPS) is 12.0. The van der Waals surface area contributed by atoms with Crippen molar-refractivity contribution in [3.8, 4) is 0 Å². The Labute approximate surface area is 193 Å². The number of rotatable bonds is 0. The van der Waals surface area contributed by atoms with Gasteiger partial charge >= 0.3 is 0 Å². The topological polar surface area (TPSA) is 68.3 Å². The summed E-state index contributed by atoms with van der Waals surface area (Å²) in [7, 11) is 0. The molecule has 0 N–H and O–H groups in total. The van der Waals surface area contributed by atoms with E-state index in [1.54, 1.807) is 39.8 Å². The van der Waals surface area contributed by atoms with Gasteiger partial charge in [-0.3, -0.25) is 19.2 Å². The molecule has 0 heterocycles. The molecular weight excluding hydrogens is 424 g/mol. The molecule has 0 amide bonds. The van der Waals surface area contributed by atoms with Gasteiger partial charge in [-0.25, -0.2) is 0 Å². The Morgan fingerprint density at radius 2 is 0.647 bits per heavy atom. The third kappa shape index (κ3) is 2.48. The van der Waals surface area contributed by atoms with Gasteiger partial charge in [0.05, 0.1) is 0 Å². The molecule has 164 valence electrons. The Morgan fingerprint density at radius 3 is 0.971 bits per heavy atom. The summed E-state index contributed by atoms with van der Waals surface area (Å²) in [4.78, 5) is 51.6. The Morgan fingerprint density at radius 1 is 0.353 bits per heavy atom. The summed E-state index contributed by atoms with van der Waals surface area (Å²) in [6.45, 7) is 6.78. The van der Waals surface area contributed by atoms with Gasteiger partial charge in [-0.2, -0.15) is 0 Å². The first-order valence-corrected chi connectivity index (χ1v) is 11.2. The molecule has 0 aliphatic heterocycles. The number of benzene rings is 6. The third-order valence-corrected chi connectivity index (χ3v) is 7.57. The molecule has 6 aromatic rings. The van der Waals surface area contributed by atoms with Crippen molar-refractivity contribution in [1.82, 2.24) is 0 Å². The summed E-state index contributed by atoms with van der Waals surface area (Å²) in [6.07, 6.45) is 0. The zero-order valence-corrected chi connectivity index (χ0v) is 19.3. The van der Waals surface area contributed by atoms with Crippen LogP contribution in [0.5, 0.6) is 0 Å². The molecule has 0 unspecified atom stereocenters. The Kier molecular flexibility index (Phi) is 4.01. The second-order valence-electron chi connectivity index (χ2n) is 9.28. The molecule has 0 atom stereocenters. The van der Waals surface area contributed by atoms with Crippen molar-refractivity contribution < 1.29 is 0 Å². The zero-order valence-electron chi connectivity index (χ0n) is 19.3. The van der Waals surface area contributed by atoms with E-state index in [1.165, 1.54) is 0 Å². The highest BCUT2D eigenvalue weighted by Gasteiger charge is 2.15. The van der Waals surface area contributed by atoms with Gasteiger partial charge in [0.1, 0.15) is 0 Å². The van der Waals surface area contributed by atoms with Gasteiger partial charge in [0.25, 0.3) is 0 Å². The smallest absolute Gasteiger partial charge is 0.189 e. The minimum atomic E-state index is -0.123. The zero-order chi connectivity index (χ0) is 24.0. The predicted octanol–water partition coefficient (Wildman–Crippen LogP) is 5.00. The lowest BCUT2D eigenvalue weighted by Gasteiger charge is -2.11. The number of hydrogen-bond donors (Lipinski definition) is 0. The highest BCUT2D eigenvalue weighted by atomic mass is 16.1. The van der Waals surface area contributed by atoms with Crippen LogP contribution in [0.4, 0.5) is 0 Å². The molecule has 0 saturated carbocycles. The SMILES string of the molecule is Cc1c(C)c(=O)c2cc3c(ccc4c5cc6c(=O)c(C)c(C)c(=O)c6cc5ccc34)cc2c1=O. The maximum absolute atomic E-state index is 13.0. The van der Waals surface area contributed by atoms with Crippen molar-refractivity contribution in [2.45, 2.75) is 27.7 Å². The Bertz CT molecular complexity index is 1970. The second kappa shape index (κ2) is 6.67. The van der Waals surface area contributed by atoms with Gasteiger partial charge in [-0.15, -0.1) is 0 Å². The second-order valence-corrected chi connectivity index (χ2v) is 9.28. The average Bonchev–Trinajstić information content (AvgIpc) is 2.86. The minimum absolute atomic E-state index is 0.110. The molecule has 34 heavy (non-hydrogen) atoms. The molecule has 0 radical (unpaired) electrons. The first-order chi connectivity index (χ1) is 16.2. The maximum Gasteiger partial charge on any atom is 0.189 e. The van der Waals surface area contributed by atoms with Gasteiger partial charge in [-0.1, -0.05) is 24.3 Å². The number of hydrogen-bond acceptors (Lipinski definition) is 4. The van der Waals surface area contributed by atoms with Crippen molar-refractivity contribution in [2.24, 2.45) is 0 Å². The van der Waals surface area contributed by atoms with Crippen LogP contribution >= 0.6 is 0 Å². The van der Waals surface area contributed by atoms with E-state index < -0.39 is 0 Å². The number of fused-ring (bicyclic) bond motifs is 7. The Hall–Kier alpha value is -4.18. The van der Waals surface area contributed by atoms with Crippen LogP contribution in [0.1, 0.15) is 22.3 Å². The molecule has 0 spiro atoms. The monoisotopic (exact) mass is 444 g/mol. The highest BCUT2D eigenvalue weighted by Crippen LogP contribution is 2.34. The van der Waals surface area contributed by atoms with E-state index in [4.69, 9.17) is 0 Å². The van der Waals surface area contributed by atoms with Gasteiger partial charge in [-0.05, 0) is 84.3 Å². The van der Waals surface area contributed by atoms with E-state index >= 15 is 0 Å². The lowest BCUT2D eigenvalue weighted by atomic mass is 9.92. The largest absolute Gasteiger partial charge is 0.289 e. The summed E-state index contributed by atoms with van der Waals surface area (Å²) in [6, 6.07) is 15.1. The van der Waals surface area contributed by atoms with Crippen LogP contribution in [0.3, 0.4) is 0 Å². The van der Waals surface area contributed by atoms with Crippen LogP contribution in [-0.4, -0.2) is 0 Å². The molecule has 0 aromatic heterocycles. The first-order valence-electron chi connectivity index (χ1n) is 11.2. The van der Waals surface area contributed by atoms with E-state index in [0.717, 1.165) is 32.3 Å². The first kappa shape index (κ1) is 20.4. The molecule has 6 aromatic carbocycles. The van der Waals surface area contributed by atoms with Crippen LogP contribution in [0.2, 0.25) is 0 Å². The molecule has 0 aliphatic carbocycles. The van der Waals surface area contributed by atoms with Gasteiger partial charge in [0.2, 0.25) is 0 Å². The molecule has 0 fully saturated rings. The minimum Gasteiger partial charge on any atom is -0.289 e. The van der Waals surface area contributed by atoms with Crippen molar-refractivity contribution in [1.29, 1.82) is 0 Å². The van der Waals surface area contributed by atoms with Crippen LogP contribution in [-0.2, 0) is 0 Å². The average molecular weight is 444 g/mol.